The lowest BCUT2D eigenvalue weighted by Crippen LogP contribution is -2.15. The van der Waals surface area contributed by atoms with Crippen LogP contribution < -0.4 is 10.6 Å². The molecule has 0 atom stereocenters. The number of aromatic nitrogens is 2. The molecule has 0 saturated heterocycles. The Morgan fingerprint density at radius 3 is 2.50 bits per heavy atom. The number of halogens is 3. The fraction of sp³-hybridized carbons (Fsp3) is 0.440. The van der Waals surface area contributed by atoms with Gasteiger partial charge in [0.15, 0.2) is 0 Å². The molecule has 0 radical (unpaired) electrons. The molecule has 0 unspecified atom stereocenters. The van der Waals surface area contributed by atoms with Crippen LogP contribution in [0.3, 0.4) is 0 Å². The molecule has 3 rings (SSSR count). The summed E-state index contributed by atoms with van der Waals surface area (Å²) in [5.41, 5.74) is 3.25. The van der Waals surface area contributed by atoms with Crippen molar-refractivity contribution in [3.8, 4) is 0 Å². The number of anilines is 3. The quantitative estimate of drug-likeness (QED) is 0.429. The van der Waals surface area contributed by atoms with Crippen molar-refractivity contribution < 1.29 is 13.2 Å². The number of allylic oxidation sites excluding steroid dienone is 2. The second-order valence-corrected chi connectivity index (χ2v) is 8.86. The van der Waals surface area contributed by atoms with Crippen LogP contribution in [0.5, 0.6) is 0 Å². The van der Waals surface area contributed by atoms with Gasteiger partial charge in [0.1, 0.15) is 11.6 Å². The highest BCUT2D eigenvalue weighted by Gasteiger charge is 2.30. The summed E-state index contributed by atoms with van der Waals surface area (Å²) in [5, 5.41) is 5.67. The first kappa shape index (κ1) is 23.8. The molecule has 1 aliphatic carbocycles. The monoisotopic (exact) mass is 444 g/mol. The van der Waals surface area contributed by atoms with Crippen LogP contribution in [0.4, 0.5) is 30.6 Å². The van der Waals surface area contributed by atoms with Crippen LogP contribution in [-0.4, -0.2) is 9.97 Å². The van der Waals surface area contributed by atoms with Gasteiger partial charge in [-0.2, -0.15) is 4.98 Å². The summed E-state index contributed by atoms with van der Waals surface area (Å²) in [5.74, 6) is -3.24. The zero-order chi connectivity index (χ0) is 23.5. The SMILES string of the molecule is C=C(C=C(C)C)Nc1nc(Nc2cc(C)c(C3CCCCC3)cc2F)ncc1C(C)(F)F. The molecule has 0 spiro atoms. The molecule has 1 aromatic heterocycles. The van der Waals surface area contributed by atoms with Crippen molar-refractivity contribution >= 4 is 17.5 Å². The number of benzene rings is 1. The van der Waals surface area contributed by atoms with E-state index in [2.05, 4.69) is 27.2 Å². The van der Waals surface area contributed by atoms with Gasteiger partial charge in [-0.25, -0.2) is 18.2 Å². The van der Waals surface area contributed by atoms with Gasteiger partial charge in [0.05, 0.1) is 11.3 Å². The van der Waals surface area contributed by atoms with E-state index in [-0.39, 0.29) is 23.0 Å². The molecule has 1 saturated carbocycles. The molecule has 2 N–H and O–H groups in total. The zero-order valence-corrected chi connectivity index (χ0v) is 19.2. The highest BCUT2D eigenvalue weighted by Crippen LogP contribution is 2.37. The molecule has 1 aromatic carbocycles. The summed E-state index contributed by atoms with van der Waals surface area (Å²) in [6.45, 7) is 10.3. The van der Waals surface area contributed by atoms with Crippen molar-refractivity contribution in [2.45, 2.75) is 71.6 Å². The van der Waals surface area contributed by atoms with E-state index in [0.29, 0.717) is 11.6 Å². The van der Waals surface area contributed by atoms with E-state index < -0.39 is 11.7 Å². The fourth-order valence-electron chi connectivity index (χ4n) is 4.16. The molecule has 4 nitrogen and oxygen atoms in total. The lowest BCUT2D eigenvalue weighted by atomic mass is 9.82. The standard InChI is InChI=1S/C25H31F3N4/c1-15(2)11-17(4)30-23-20(25(5,27)28)14-29-24(32-23)31-22-12-16(3)19(13-21(22)26)18-9-7-6-8-10-18/h11-14,18H,4,6-10H2,1-3,5H3,(H2,29,30,31,32). The summed E-state index contributed by atoms with van der Waals surface area (Å²) < 4.78 is 43.1. The van der Waals surface area contributed by atoms with Crippen molar-refractivity contribution in [1.29, 1.82) is 0 Å². The number of nitrogens with zero attached hydrogens (tertiary/aromatic N) is 2. The van der Waals surface area contributed by atoms with Crippen molar-refractivity contribution in [3.05, 3.63) is 64.8 Å². The summed E-state index contributed by atoms with van der Waals surface area (Å²) >= 11 is 0. The van der Waals surface area contributed by atoms with Gasteiger partial charge >= 0.3 is 0 Å². The van der Waals surface area contributed by atoms with Crippen molar-refractivity contribution in [1.82, 2.24) is 9.97 Å². The summed E-state index contributed by atoms with van der Waals surface area (Å²) in [6.07, 6.45) is 8.50. The van der Waals surface area contributed by atoms with Crippen LogP contribution in [0.2, 0.25) is 0 Å². The van der Waals surface area contributed by atoms with E-state index >= 15 is 0 Å². The van der Waals surface area contributed by atoms with Gasteiger partial charge in [-0.15, -0.1) is 0 Å². The Hall–Kier alpha value is -2.83. The predicted octanol–water partition coefficient (Wildman–Crippen LogP) is 7.72. The van der Waals surface area contributed by atoms with Crippen LogP contribution >= 0.6 is 0 Å². The maximum atomic E-state index is 14.9. The highest BCUT2D eigenvalue weighted by molar-refractivity contribution is 5.61. The smallest absolute Gasteiger partial charge is 0.275 e. The van der Waals surface area contributed by atoms with Crippen LogP contribution in [0.1, 0.15) is 75.5 Å². The molecular formula is C25H31F3N4. The van der Waals surface area contributed by atoms with E-state index in [1.54, 1.807) is 18.2 Å². The van der Waals surface area contributed by atoms with Crippen molar-refractivity contribution in [3.63, 3.8) is 0 Å². The van der Waals surface area contributed by atoms with Gasteiger partial charge in [-0.1, -0.05) is 31.4 Å². The van der Waals surface area contributed by atoms with E-state index in [0.717, 1.165) is 42.7 Å². The molecule has 0 bridgehead atoms. The Morgan fingerprint density at radius 1 is 1.19 bits per heavy atom. The minimum Gasteiger partial charge on any atom is -0.340 e. The minimum atomic E-state index is -3.16. The minimum absolute atomic E-state index is 0.0224. The van der Waals surface area contributed by atoms with Gasteiger partial charge in [-0.05, 0) is 68.9 Å². The average molecular weight is 445 g/mol. The first-order valence-electron chi connectivity index (χ1n) is 11.0. The molecule has 1 fully saturated rings. The third-order valence-corrected chi connectivity index (χ3v) is 5.65. The maximum absolute atomic E-state index is 14.9. The van der Waals surface area contributed by atoms with Gasteiger partial charge < -0.3 is 10.6 Å². The fourth-order valence-corrected chi connectivity index (χ4v) is 4.16. The molecule has 1 heterocycles. The molecule has 7 heteroatoms. The number of hydrogen-bond donors (Lipinski definition) is 2. The van der Waals surface area contributed by atoms with Crippen LogP contribution in [0, 0.1) is 12.7 Å². The van der Waals surface area contributed by atoms with Crippen LogP contribution in [-0.2, 0) is 5.92 Å². The third kappa shape index (κ3) is 5.90. The molecule has 172 valence electrons. The Bertz CT molecular complexity index is 1010. The first-order valence-corrected chi connectivity index (χ1v) is 11.0. The Balaban J connectivity index is 1.90. The van der Waals surface area contributed by atoms with E-state index in [1.807, 2.05) is 20.8 Å². The molecule has 0 amide bonds. The zero-order valence-electron chi connectivity index (χ0n) is 19.2. The van der Waals surface area contributed by atoms with Crippen LogP contribution in [0.25, 0.3) is 0 Å². The molecule has 1 aliphatic rings. The molecule has 2 aromatic rings. The number of aryl methyl sites for hydroxylation is 1. The lowest BCUT2D eigenvalue weighted by molar-refractivity contribution is 0.0176. The lowest BCUT2D eigenvalue weighted by Gasteiger charge is -2.24. The summed E-state index contributed by atoms with van der Waals surface area (Å²) in [6, 6.07) is 3.32. The van der Waals surface area contributed by atoms with Gasteiger partial charge in [0.25, 0.3) is 5.92 Å². The molecule has 32 heavy (non-hydrogen) atoms. The van der Waals surface area contributed by atoms with Gasteiger partial charge in [-0.3, -0.25) is 0 Å². The topological polar surface area (TPSA) is 49.8 Å². The number of alkyl halides is 2. The Morgan fingerprint density at radius 2 is 1.88 bits per heavy atom. The summed E-state index contributed by atoms with van der Waals surface area (Å²) in [4.78, 5) is 8.19. The van der Waals surface area contributed by atoms with Crippen molar-refractivity contribution in [2.24, 2.45) is 0 Å². The van der Waals surface area contributed by atoms with Crippen molar-refractivity contribution in [2.75, 3.05) is 10.6 Å². The average Bonchev–Trinajstić information content (AvgIpc) is 2.69. The Kier molecular flexibility index (Phi) is 7.26. The second kappa shape index (κ2) is 9.76. The van der Waals surface area contributed by atoms with E-state index in [1.165, 1.54) is 19.3 Å². The highest BCUT2D eigenvalue weighted by atomic mass is 19.3. The second-order valence-electron chi connectivity index (χ2n) is 8.86. The van der Waals surface area contributed by atoms with E-state index in [4.69, 9.17) is 0 Å². The van der Waals surface area contributed by atoms with Gasteiger partial charge in [0.2, 0.25) is 5.95 Å². The normalized spacial score (nSPS) is 14.7. The largest absolute Gasteiger partial charge is 0.340 e. The number of rotatable bonds is 7. The molecule has 0 aliphatic heterocycles. The first-order chi connectivity index (χ1) is 15.0. The Labute approximate surface area is 188 Å². The van der Waals surface area contributed by atoms with E-state index in [9.17, 15) is 13.2 Å². The predicted molar refractivity (Wildman–Crippen MR) is 124 cm³/mol. The molecular weight excluding hydrogens is 413 g/mol. The third-order valence-electron chi connectivity index (χ3n) is 5.65. The summed E-state index contributed by atoms with van der Waals surface area (Å²) in [7, 11) is 0. The maximum Gasteiger partial charge on any atom is 0.275 e. The van der Waals surface area contributed by atoms with Crippen LogP contribution in [0.15, 0.2) is 42.3 Å². The number of hydrogen-bond acceptors (Lipinski definition) is 4. The number of nitrogens with one attached hydrogen (secondary N) is 2. The van der Waals surface area contributed by atoms with Gasteiger partial charge in [0, 0.05) is 18.8 Å².